The summed E-state index contributed by atoms with van der Waals surface area (Å²) in [5, 5.41) is 0. The number of amides is 1. The van der Waals surface area contributed by atoms with Crippen molar-refractivity contribution in [2.45, 2.75) is 71.1 Å². The molecule has 0 aliphatic heterocycles. The first kappa shape index (κ1) is 16.5. The minimum atomic E-state index is 0.309. The molecule has 1 radical (unpaired) electrons. The van der Waals surface area contributed by atoms with Crippen LogP contribution in [-0.2, 0) is 4.79 Å². The topological polar surface area (TPSA) is 20.3 Å². The van der Waals surface area contributed by atoms with E-state index in [4.69, 9.17) is 0 Å². The van der Waals surface area contributed by atoms with Gasteiger partial charge in [-0.05, 0) is 12.8 Å². The molecule has 0 heterocycles. The molecule has 0 N–H and O–H groups in total. The molecule has 0 bridgehead atoms. The second kappa shape index (κ2) is 11.9. The number of hydrogen-bond acceptors (Lipinski definition) is 1. The van der Waals surface area contributed by atoms with Crippen molar-refractivity contribution in [2.75, 3.05) is 13.6 Å². The highest BCUT2D eigenvalue weighted by atomic mass is 16.2. The summed E-state index contributed by atoms with van der Waals surface area (Å²) in [6, 6.07) is 0. The van der Waals surface area contributed by atoms with Gasteiger partial charge in [-0.25, -0.2) is 0 Å². The Morgan fingerprint density at radius 1 is 1.00 bits per heavy atom. The molecule has 0 unspecified atom stereocenters. The van der Waals surface area contributed by atoms with Crippen LogP contribution in [0.5, 0.6) is 0 Å². The van der Waals surface area contributed by atoms with E-state index in [1.165, 1.54) is 38.5 Å². The van der Waals surface area contributed by atoms with Crippen LogP contribution in [0.15, 0.2) is 0 Å². The Labute approximate surface area is 108 Å². The highest BCUT2D eigenvalue weighted by Gasteiger charge is 2.06. The molecule has 2 nitrogen and oxygen atoms in total. The van der Waals surface area contributed by atoms with Gasteiger partial charge in [0, 0.05) is 20.0 Å². The van der Waals surface area contributed by atoms with Crippen LogP contribution in [0.3, 0.4) is 0 Å². The van der Waals surface area contributed by atoms with E-state index in [1.54, 1.807) is 0 Å². The summed E-state index contributed by atoms with van der Waals surface area (Å²) in [5.74, 6) is 0.309. The lowest BCUT2D eigenvalue weighted by molar-refractivity contribution is -0.130. The fraction of sp³-hybridized carbons (Fsp3) is 0.867. The van der Waals surface area contributed by atoms with Crippen LogP contribution in [0.4, 0.5) is 0 Å². The average molecular weight is 240 g/mol. The van der Waals surface area contributed by atoms with E-state index < -0.39 is 0 Å². The van der Waals surface area contributed by atoms with Crippen molar-refractivity contribution in [2.24, 2.45) is 0 Å². The quantitative estimate of drug-likeness (QED) is 0.496. The summed E-state index contributed by atoms with van der Waals surface area (Å²) in [6.07, 6.45) is 11.6. The van der Waals surface area contributed by atoms with Crippen molar-refractivity contribution < 1.29 is 4.79 Å². The molecule has 1 amide bonds. The number of unbranched alkanes of at least 4 members (excludes halogenated alkanes) is 7. The van der Waals surface area contributed by atoms with Crippen molar-refractivity contribution in [3.8, 4) is 0 Å². The Morgan fingerprint density at radius 3 is 2.06 bits per heavy atom. The molecule has 0 saturated carbocycles. The molecule has 0 saturated heterocycles. The van der Waals surface area contributed by atoms with E-state index in [-0.39, 0.29) is 0 Å². The maximum Gasteiger partial charge on any atom is 0.222 e. The molecule has 101 valence electrons. The summed E-state index contributed by atoms with van der Waals surface area (Å²) in [7, 11) is 1.91. The van der Waals surface area contributed by atoms with Gasteiger partial charge in [-0.3, -0.25) is 4.79 Å². The van der Waals surface area contributed by atoms with E-state index in [1.807, 2.05) is 11.9 Å². The second-order valence-electron chi connectivity index (χ2n) is 4.89. The summed E-state index contributed by atoms with van der Waals surface area (Å²) >= 11 is 0. The van der Waals surface area contributed by atoms with E-state index >= 15 is 0 Å². The molecule has 0 aliphatic carbocycles. The van der Waals surface area contributed by atoms with Gasteiger partial charge in [0.1, 0.15) is 0 Å². The van der Waals surface area contributed by atoms with Gasteiger partial charge in [0.25, 0.3) is 0 Å². The fourth-order valence-corrected chi connectivity index (χ4v) is 1.99. The van der Waals surface area contributed by atoms with Crippen molar-refractivity contribution in [1.82, 2.24) is 4.90 Å². The lowest BCUT2D eigenvalue weighted by atomic mass is 10.1. The van der Waals surface area contributed by atoms with Gasteiger partial charge >= 0.3 is 0 Å². The number of carbonyl (C=O) groups is 1. The third-order valence-corrected chi connectivity index (χ3v) is 3.13. The molecule has 0 aromatic rings. The Hall–Kier alpha value is -0.530. The molecule has 0 spiro atoms. The number of hydrogen-bond donors (Lipinski definition) is 0. The maximum absolute atomic E-state index is 11.6. The average Bonchev–Trinajstić information content (AvgIpc) is 2.32. The van der Waals surface area contributed by atoms with E-state index in [0.717, 1.165) is 32.2 Å². The van der Waals surface area contributed by atoms with E-state index in [9.17, 15) is 4.79 Å². The van der Waals surface area contributed by atoms with Gasteiger partial charge in [0.15, 0.2) is 0 Å². The van der Waals surface area contributed by atoms with Crippen molar-refractivity contribution >= 4 is 5.91 Å². The van der Waals surface area contributed by atoms with Crippen LogP contribution in [0.2, 0.25) is 0 Å². The van der Waals surface area contributed by atoms with E-state index in [2.05, 4.69) is 13.8 Å². The SMILES string of the molecule is [CH2]CCCCCCCCCC(=O)N(C)CCC. The zero-order valence-corrected chi connectivity index (χ0v) is 11.8. The first-order chi connectivity index (χ1) is 8.22. The number of nitrogens with zero attached hydrogens (tertiary/aromatic N) is 1. The first-order valence-corrected chi connectivity index (χ1v) is 7.25. The molecule has 17 heavy (non-hydrogen) atoms. The third kappa shape index (κ3) is 10.3. The van der Waals surface area contributed by atoms with Crippen LogP contribution in [0, 0.1) is 6.92 Å². The lowest BCUT2D eigenvalue weighted by Gasteiger charge is -2.15. The predicted octanol–water partition coefficient (Wildman–Crippen LogP) is 4.20. The highest BCUT2D eigenvalue weighted by Crippen LogP contribution is 2.10. The Balaban J connectivity index is 3.24. The molecule has 0 rings (SSSR count). The van der Waals surface area contributed by atoms with Crippen LogP contribution in [-0.4, -0.2) is 24.4 Å². The molecular weight excluding hydrogens is 210 g/mol. The first-order valence-electron chi connectivity index (χ1n) is 7.25. The molecule has 0 aliphatic rings. The van der Waals surface area contributed by atoms with Gasteiger partial charge in [0.2, 0.25) is 5.91 Å². The fourth-order valence-electron chi connectivity index (χ4n) is 1.99. The maximum atomic E-state index is 11.6. The van der Waals surface area contributed by atoms with Crippen molar-refractivity contribution in [3.05, 3.63) is 6.92 Å². The molecular formula is C15H30NO. The number of rotatable bonds is 11. The van der Waals surface area contributed by atoms with Crippen molar-refractivity contribution in [1.29, 1.82) is 0 Å². The monoisotopic (exact) mass is 240 g/mol. The third-order valence-electron chi connectivity index (χ3n) is 3.13. The summed E-state index contributed by atoms with van der Waals surface area (Å²) in [4.78, 5) is 13.5. The Morgan fingerprint density at radius 2 is 1.53 bits per heavy atom. The molecule has 2 heteroatoms. The molecule has 0 fully saturated rings. The smallest absolute Gasteiger partial charge is 0.222 e. The minimum absolute atomic E-state index is 0.309. The van der Waals surface area contributed by atoms with E-state index in [0.29, 0.717) is 5.91 Å². The standard InChI is InChI=1S/C15H30NO/c1-4-6-7-8-9-10-11-12-13-15(17)16(3)14-5-2/h1,4-14H2,2-3H3. The second-order valence-corrected chi connectivity index (χ2v) is 4.89. The molecule has 0 atom stereocenters. The zero-order valence-electron chi connectivity index (χ0n) is 11.8. The lowest BCUT2D eigenvalue weighted by Crippen LogP contribution is -2.26. The Kier molecular flexibility index (Phi) is 11.6. The van der Waals surface area contributed by atoms with Crippen LogP contribution < -0.4 is 0 Å². The van der Waals surface area contributed by atoms with Gasteiger partial charge in [-0.1, -0.05) is 58.8 Å². The summed E-state index contributed by atoms with van der Waals surface area (Å²) < 4.78 is 0. The minimum Gasteiger partial charge on any atom is -0.346 e. The largest absolute Gasteiger partial charge is 0.346 e. The summed E-state index contributed by atoms with van der Waals surface area (Å²) in [5.41, 5.74) is 0. The zero-order chi connectivity index (χ0) is 12.9. The van der Waals surface area contributed by atoms with Gasteiger partial charge in [-0.15, -0.1) is 0 Å². The Bertz CT molecular complexity index is 180. The molecule has 0 aromatic carbocycles. The van der Waals surface area contributed by atoms with Crippen molar-refractivity contribution in [3.63, 3.8) is 0 Å². The van der Waals surface area contributed by atoms with Gasteiger partial charge < -0.3 is 4.90 Å². The normalized spacial score (nSPS) is 10.5. The van der Waals surface area contributed by atoms with Crippen LogP contribution >= 0.6 is 0 Å². The number of carbonyl (C=O) groups excluding carboxylic acids is 1. The van der Waals surface area contributed by atoms with Gasteiger partial charge in [0.05, 0.1) is 0 Å². The molecule has 0 aromatic heterocycles. The summed E-state index contributed by atoms with van der Waals surface area (Å²) in [6.45, 7) is 6.84. The van der Waals surface area contributed by atoms with Crippen LogP contribution in [0.1, 0.15) is 71.1 Å². The van der Waals surface area contributed by atoms with Crippen LogP contribution in [0.25, 0.3) is 0 Å². The van der Waals surface area contributed by atoms with Gasteiger partial charge in [-0.2, -0.15) is 0 Å². The highest BCUT2D eigenvalue weighted by molar-refractivity contribution is 5.75. The predicted molar refractivity (Wildman–Crippen MR) is 74.8 cm³/mol.